The first-order chi connectivity index (χ1) is 8.44. The van der Waals surface area contributed by atoms with Crippen molar-refractivity contribution in [1.29, 1.82) is 0 Å². The summed E-state index contributed by atoms with van der Waals surface area (Å²) in [5, 5.41) is 2.86. The molecular weight excluding hydrogens is 230 g/mol. The third-order valence-electron chi connectivity index (χ3n) is 2.71. The molecular formula is C13H21N3O2. The molecule has 1 aromatic rings. The van der Waals surface area contributed by atoms with Crippen LogP contribution in [0, 0.1) is 5.41 Å². The van der Waals surface area contributed by atoms with E-state index in [1.807, 2.05) is 0 Å². The zero-order chi connectivity index (χ0) is 13.6. The van der Waals surface area contributed by atoms with Crippen molar-refractivity contribution in [3.8, 4) is 0 Å². The van der Waals surface area contributed by atoms with Gasteiger partial charge in [0.2, 0.25) is 0 Å². The second-order valence-corrected chi connectivity index (χ2v) is 5.04. The van der Waals surface area contributed by atoms with Gasteiger partial charge in [0, 0.05) is 20.3 Å². The van der Waals surface area contributed by atoms with E-state index in [9.17, 15) is 4.79 Å². The summed E-state index contributed by atoms with van der Waals surface area (Å²) in [5.41, 5.74) is 5.87. The number of nitrogens with two attached hydrogens (primary N) is 1. The Morgan fingerprint density at radius 1 is 1.50 bits per heavy atom. The molecule has 5 nitrogen and oxygen atoms in total. The van der Waals surface area contributed by atoms with Crippen molar-refractivity contribution in [3.05, 3.63) is 23.9 Å². The summed E-state index contributed by atoms with van der Waals surface area (Å²) in [4.78, 5) is 15.8. The number of anilines is 1. The lowest BCUT2D eigenvalue weighted by Gasteiger charge is -2.24. The van der Waals surface area contributed by atoms with Crippen LogP contribution in [0.3, 0.4) is 0 Å². The molecule has 0 aliphatic rings. The highest BCUT2D eigenvalue weighted by atomic mass is 16.5. The topological polar surface area (TPSA) is 77.2 Å². The summed E-state index contributed by atoms with van der Waals surface area (Å²) in [7, 11) is 1.67. The Morgan fingerprint density at radius 2 is 2.22 bits per heavy atom. The average Bonchev–Trinajstić information content (AvgIpc) is 2.34. The van der Waals surface area contributed by atoms with E-state index in [1.54, 1.807) is 25.3 Å². The smallest absolute Gasteiger partial charge is 0.269 e. The molecule has 0 aliphatic carbocycles. The molecule has 0 radical (unpaired) electrons. The van der Waals surface area contributed by atoms with E-state index < -0.39 is 0 Å². The Morgan fingerprint density at radius 3 is 2.83 bits per heavy atom. The summed E-state index contributed by atoms with van der Waals surface area (Å²) in [5.74, 6) is 0.147. The number of ether oxygens (including phenoxy) is 1. The van der Waals surface area contributed by atoms with Crippen molar-refractivity contribution in [1.82, 2.24) is 10.3 Å². The molecule has 18 heavy (non-hydrogen) atoms. The fourth-order valence-corrected chi connectivity index (χ4v) is 1.45. The largest absolute Gasteiger partial charge is 0.385 e. The molecule has 0 saturated heterocycles. The van der Waals surface area contributed by atoms with E-state index >= 15 is 0 Å². The van der Waals surface area contributed by atoms with Gasteiger partial charge in [0.15, 0.2) is 0 Å². The monoisotopic (exact) mass is 251 g/mol. The molecule has 0 aromatic carbocycles. The molecule has 0 fully saturated rings. The maximum absolute atomic E-state index is 11.9. The third kappa shape index (κ3) is 4.71. The lowest BCUT2D eigenvalue weighted by Crippen LogP contribution is -2.35. The molecule has 0 atom stereocenters. The van der Waals surface area contributed by atoms with Crippen molar-refractivity contribution in [2.45, 2.75) is 20.3 Å². The van der Waals surface area contributed by atoms with Crippen LogP contribution in [0.2, 0.25) is 0 Å². The number of carbonyl (C=O) groups excluding carboxylic acids is 1. The zero-order valence-electron chi connectivity index (χ0n) is 11.2. The first-order valence-corrected chi connectivity index (χ1v) is 5.94. The molecule has 0 saturated carbocycles. The number of rotatable bonds is 6. The van der Waals surface area contributed by atoms with Gasteiger partial charge >= 0.3 is 0 Å². The second-order valence-electron chi connectivity index (χ2n) is 5.04. The number of amides is 1. The lowest BCUT2D eigenvalue weighted by atomic mass is 9.89. The molecule has 100 valence electrons. The number of aromatic nitrogens is 1. The van der Waals surface area contributed by atoms with Gasteiger partial charge in [-0.05, 0) is 24.0 Å². The molecule has 1 rings (SSSR count). The summed E-state index contributed by atoms with van der Waals surface area (Å²) >= 11 is 0. The van der Waals surface area contributed by atoms with Crippen LogP contribution in [-0.4, -0.2) is 31.2 Å². The fraction of sp³-hybridized carbons (Fsp3) is 0.538. The number of methoxy groups -OCH3 is 1. The molecule has 0 aliphatic heterocycles. The van der Waals surface area contributed by atoms with Crippen molar-refractivity contribution in [2.75, 3.05) is 26.0 Å². The first kappa shape index (κ1) is 14.4. The number of pyridine rings is 1. The van der Waals surface area contributed by atoms with E-state index in [-0.39, 0.29) is 11.3 Å². The molecule has 1 amide bonds. The molecule has 0 unspecified atom stereocenters. The molecule has 3 N–H and O–H groups in total. The summed E-state index contributed by atoms with van der Waals surface area (Å²) < 4.78 is 5.04. The van der Waals surface area contributed by atoms with Gasteiger partial charge in [-0.2, -0.15) is 0 Å². The van der Waals surface area contributed by atoms with Crippen molar-refractivity contribution < 1.29 is 9.53 Å². The van der Waals surface area contributed by atoms with Crippen molar-refractivity contribution >= 4 is 11.7 Å². The SMILES string of the molecule is COCCC(C)(C)CNC(=O)c1cccc(N)n1. The highest BCUT2D eigenvalue weighted by Crippen LogP contribution is 2.18. The van der Waals surface area contributed by atoms with Gasteiger partial charge < -0.3 is 15.8 Å². The highest BCUT2D eigenvalue weighted by molar-refractivity contribution is 5.92. The maximum Gasteiger partial charge on any atom is 0.269 e. The summed E-state index contributed by atoms with van der Waals surface area (Å²) in [6.45, 7) is 5.42. The van der Waals surface area contributed by atoms with Crippen LogP contribution >= 0.6 is 0 Å². The number of nitrogens with one attached hydrogen (secondary N) is 1. The molecule has 5 heteroatoms. The van der Waals surface area contributed by atoms with Crippen molar-refractivity contribution in [3.63, 3.8) is 0 Å². The average molecular weight is 251 g/mol. The van der Waals surface area contributed by atoms with Crippen LogP contribution < -0.4 is 11.1 Å². The summed E-state index contributed by atoms with van der Waals surface area (Å²) in [6, 6.07) is 5.01. The van der Waals surface area contributed by atoms with Crippen LogP contribution in [0.25, 0.3) is 0 Å². The van der Waals surface area contributed by atoms with Crippen LogP contribution in [-0.2, 0) is 4.74 Å². The van der Waals surface area contributed by atoms with E-state index in [1.165, 1.54) is 0 Å². The maximum atomic E-state index is 11.9. The third-order valence-corrected chi connectivity index (χ3v) is 2.71. The minimum Gasteiger partial charge on any atom is -0.385 e. The number of hydrogen-bond acceptors (Lipinski definition) is 4. The number of nitrogens with zero attached hydrogens (tertiary/aromatic N) is 1. The van der Waals surface area contributed by atoms with Gasteiger partial charge in [-0.15, -0.1) is 0 Å². The minimum atomic E-state index is -0.201. The highest BCUT2D eigenvalue weighted by Gasteiger charge is 2.19. The van der Waals surface area contributed by atoms with Gasteiger partial charge in [-0.3, -0.25) is 4.79 Å². The Kier molecular flexibility index (Phi) is 5.09. The Hall–Kier alpha value is -1.62. The zero-order valence-corrected chi connectivity index (χ0v) is 11.2. The van der Waals surface area contributed by atoms with Crippen molar-refractivity contribution in [2.24, 2.45) is 5.41 Å². The predicted octanol–water partition coefficient (Wildman–Crippen LogP) is 1.46. The lowest BCUT2D eigenvalue weighted by molar-refractivity contribution is 0.0916. The van der Waals surface area contributed by atoms with E-state index in [2.05, 4.69) is 24.1 Å². The van der Waals surface area contributed by atoms with Gasteiger partial charge in [0.1, 0.15) is 11.5 Å². The molecule has 1 aromatic heterocycles. The van der Waals surface area contributed by atoms with Gasteiger partial charge in [-0.1, -0.05) is 19.9 Å². The van der Waals surface area contributed by atoms with Crippen LogP contribution in [0.15, 0.2) is 18.2 Å². The molecule has 1 heterocycles. The van der Waals surface area contributed by atoms with Crippen LogP contribution in [0.4, 0.5) is 5.82 Å². The summed E-state index contributed by atoms with van der Waals surface area (Å²) in [6.07, 6.45) is 0.883. The predicted molar refractivity (Wildman–Crippen MR) is 71.3 cm³/mol. The Balaban J connectivity index is 2.50. The minimum absolute atomic E-state index is 0.00794. The van der Waals surface area contributed by atoms with Gasteiger partial charge in [0.05, 0.1) is 0 Å². The van der Waals surface area contributed by atoms with E-state index in [4.69, 9.17) is 10.5 Å². The Labute approximate surface area is 108 Å². The standard InChI is InChI=1S/C13H21N3O2/c1-13(2,7-8-18-3)9-15-12(17)10-5-4-6-11(14)16-10/h4-6H,7-9H2,1-3H3,(H2,14,16)(H,15,17). The normalized spacial score (nSPS) is 11.3. The second kappa shape index (κ2) is 6.35. The van der Waals surface area contributed by atoms with Crippen LogP contribution in [0.5, 0.6) is 0 Å². The fourth-order valence-electron chi connectivity index (χ4n) is 1.45. The van der Waals surface area contributed by atoms with E-state index in [0.29, 0.717) is 24.7 Å². The van der Waals surface area contributed by atoms with Gasteiger partial charge in [-0.25, -0.2) is 4.98 Å². The first-order valence-electron chi connectivity index (χ1n) is 5.94. The van der Waals surface area contributed by atoms with Crippen LogP contribution in [0.1, 0.15) is 30.8 Å². The quantitative estimate of drug-likeness (QED) is 0.802. The number of carbonyl (C=O) groups is 1. The van der Waals surface area contributed by atoms with E-state index in [0.717, 1.165) is 6.42 Å². The van der Waals surface area contributed by atoms with Gasteiger partial charge in [0.25, 0.3) is 5.91 Å². The molecule has 0 bridgehead atoms. The number of hydrogen-bond donors (Lipinski definition) is 2. The molecule has 0 spiro atoms. The Bertz CT molecular complexity index is 405. The number of nitrogen functional groups attached to an aromatic ring is 1.